The van der Waals surface area contributed by atoms with E-state index in [1.807, 2.05) is 24.3 Å². The predicted octanol–water partition coefficient (Wildman–Crippen LogP) is 3.59. The van der Waals surface area contributed by atoms with Crippen molar-refractivity contribution in [2.75, 3.05) is 18.0 Å². The van der Waals surface area contributed by atoms with Crippen LogP contribution in [0.25, 0.3) is 0 Å². The molecule has 0 atom stereocenters. The number of rotatable bonds is 5. The van der Waals surface area contributed by atoms with E-state index in [0.29, 0.717) is 17.9 Å². The number of hydrogen-bond donors (Lipinski definition) is 1. The summed E-state index contributed by atoms with van der Waals surface area (Å²) in [5, 5.41) is 9.29. The number of halogens is 2. The Morgan fingerprint density at radius 1 is 1.22 bits per heavy atom. The lowest BCUT2D eigenvalue weighted by atomic mass is 9.75. The minimum Gasteiger partial charge on any atom is -0.465 e. The van der Waals surface area contributed by atoms with Crippen LogP contribution in [-0.4, -0.2) is 50.6 Å². The van der Waals surface area contributed by atoms with Crippen LogP contribution in [0.1, 0.15) is 49.0 Å². The van der Waals surface area contributed by atoms with Crippen molar-refractivity contribution in [2.45, 2.75) is 63.5 Å². The zero-order chi connectivity index (χ0) is 22.7. The number of benzene rings is 1. The van der Waals surface area contributed by atoms with Crippen molar-refractivity contribution in [3.63, 3.8) is 0 Å². The van der Waals surface area contributed by atoms with Gasteiger partial charge in [-0.2, -0.15) is 0 Å². The highest BCUT2D eigenvalue weighted by atomic mass is 19.3. The average Bonchev–Trinajstić information content (AvgIpc) is 3.20. The highest BCUT2D eigenvalue weighted by Gasteiger charge is 2.59. The monoisotopic (exact) mass is 444 g/mol. The fourth-order valence-electron chi connectivity index (χ4n) is 5.25. The summed E-state index contributed by atoms with van der Waals surface area (Å²) in [6.45, 7) is 1.33. The first-order valence-electron chi connectivity index (χ1n) is 11.1. The Labute approximate surface area is 184 Å². The number of carboxylic acid groups (broad SMARTS) is 1. The number of hydrogen-bond acceptors (Lipinski definition) is 3. The molecule has 0 bridgehead atoms. The maximum atomic E-state index is 14.4. The van der Waals surface area contributed by atoms with Crippen molar-refractivity contribution < 1.29 is 23.5 Å². The third kappa shape index (κ3) is 3.09. The molecule has 1 spiro atoms. The third-order valence-electron chi connectivity index (χ3n) is 7.07. The number of fused-ring (bicyclic) bond motifs is 3. The summed E-state index contributed by atoms with van der Waals surface area (Å²) < 4.78 is 30.4. The first-order valence-corrected chi connectivity index (χ1v) is 11.1. The van der Waals surface area contributed by atoms with Crippen LogP contribution in [0.2, 0.25) is 0 Å². The molecule has 170 valence electrons. The van der Waals surface area contributed by atoms with Crippen LogP contribution >= 0.6 is 0 Å². The van der Waals surface area contributed by atoms with E-state index in [4.69, 9.17) is 4.98 Å². The number of nitrogens with zero attached hydrogens (tertiary/aromatic N) is 4. The van der Waals surface area contributed by atoms with E-state index in [1.54, 1.807) is 9.47 Å². The molecule has 1 N–H and O–H groups in total. The molecule has 5 rings (SSSR count). The molecule has 32 heavy (non-hydrogen) atoms. The molecule has 0 radical (unpaired) electrons. The highest BCUT2D eigenvalue weighted by molar-refractivity contribution is 6.09. The molecule has 2 aromatic rings. The number of carbonyl (C=O) groups excluding carboxylic acids is 1. The maximum absolute atomic E-state index is 14.4. The number of carbonyl (C=O) groups is 2. The van der Waals surface area contributed by atoms with Gasteiger partial charge in [-0.3, -0.25) is 4.79 Å². The number of imidazole rings is 1. The van der Waals surface area contributed by atoms with Gasteiger partial charge < -0.3 is 19.5 Å². The molecule has 1 aliphatic carbocycles. The molecule has 9 heteroatoms. The topological polar surface area (TPSA) is 78.7 Å². The van der Waals surface area contributed by atoms with E-state index in [9.17, 15) is 23.5 Å². The quantitative estimate of drug-likeness (QED) is 0.765. The summed E-state index contributed by atoms with van der Waals surface area (Å²) in [5.41, 5.74) is 2.31. The third-order valence-corrected chi connectivity index (χ3v) is 7.07. The van der Waals surface area contributed by atoms with Gasteiger partial charge in [0, 0.05) is 30.9 Å². The van der Waals surface area contributed by atoms with E-state index in [2.05, 4.69) is 0 Å². The fraction of sp³-hybridized carbons (Fsp3) is 0.522. The van der Waals surface area contributed by atoms with E-state index >= 15 is 0 Å². The van der Waals surface area contributed by atoms with Gasteiger partial charge in [-0.15, -0.1) is 0 Å². The smallest absolute Gasteiger partial charge is 0.407 e. The Morgan fingerprint density at radius 2 is 1.94 bits per heavy atom. The van der Waals surface area contributed by atoms with E-state index in [0.717, 1.165) is 36.2 Å². The zero-order valence-corrected chi connectivity index (χ0v) is 18.0. The molecule has 0 unspecified atom stereocenters. The van der Waals surface area contributed by atoms with Crippen LogP contribution in [0, 0.1) is 0 Å². The molecule has 2 amide bonds. The van der Waals surface area contributed by atoms with Crippen molar-refractivity contribution in [2.24, 2.45) is 0 Å². The van der Waals surface area contributed by atoms with Gasteiger partial charge in [0.15, 0.2) is 0 Å². The van der Waals surface area contributed by atoms with Gasteiger partial charge in [-0.1, -0.05) is 25.1 Å². The molecule has 7 nitrogen and oxygen atoms in total. The zero-order valence-electron chi connectivity index (χ0n) is 18.0. The average molecular weight is 444 g/mol. The second-order valence-corrected chi connectivity index (χ2v) is 9.05. The number of alkyl halides is 2. The Morgan fingerprint density at radius 3 is 2.66 bits per heavy atom. The minimum atomic E-state index is -2.86. The van der Waals surface area contributed by atoms with Crippen LogP contribution in [0.5, 0.6) is 0 Å². The van der Waals surface area contributed by atoms with Crippen molar-refractivity contribution in [1.82, 2.24) is 14.5 Å². The lowest BCUT2D eigenvalue weighted by Gasteiger charge is -2.45. The fourth-order valence-corrected chi connectivity index (χ4v) is 5.25. The summed E-state index contributed by atoms with van der Waals surface area (Å²) in [6, 6.07) is 7.35. The van der Waals surface area contributed by atoms with E-state index < -0.39 is 24.0 Å². The number of likely N-dealkylation sites (tertiary alicyclic amines) is 1. The molecule has 2 aliphatic heterocycles. The largest absolute Gasteiger partial charge is 0.465 e. The molecule has 0 saturated carbocycles. The van der Waals surface area contributed by atoms with E-state index in [-0.39, 0.29) is 32.0 Å². The molecular formula is C23H26F2N4O3. The Bertz CT molecular complexity index is 1090. The number of aromatic nitrogens is 2. The summed E-state index contributed by atoms with van der Waals surface area (Å²) >= 11 is 0. The Balaban J connectivity index is 1.51. The highest BCUT2D eigenvalue weighted by Crippen LogP contribution is 2.48. The van der Waals surface area contributed by atoms with Crippen LogP contribution in [0.3, 0.4) is 0 Å². The Hall–Kier alpha value is -2.97. The van der Waals surface area contributed by atoms with Crippen molar-refractivity contribution in [3.8, 4) is 0 Å². The Kier molecular flexibility index (Phi) is 4.76. The molecular weight excluding hydrogens is 418 g/mol. The van der Waals surface area contributed by atoms with Crippen LogP contribution < -0.4 is 4.90 Å². The normalized spacial score (nSPS) is 19.2. The molecule has 3 heterocycles. The van der Waals surface area contributed by atoms with Crippen molar-refractivity contribution in [3.05, 3.63) is 47.0 Å². The summed E-state index contributed by atoms with van der Waals surface area (Å²) in [7, 11) is 0. The van der Waals surface area contributed by atoms with Crippen LogP contribution in [0.4, 0.5) is 19.3 Å². The van der Waals surface area contributed by atoms with Gasteiger partial charge in [-0.25, -0.2) is 18.6 Å². The minimum absolute atomic E-state index is 0.0947. The number of para-hydroxylation sites is 1. The predicted molar refractivity (Wildman–Crippen MR) is 113 cm³/mol. The van der Waals surface area contributed by atoms with Gasteiger partial charge in [0.05, 0.1) is 18.8 Å². The summed E-state index contributed by atoms with van der Waals surface area (Å²) in [4.78, 5) is 32.4. The first-order chi connectivity index (χ1) is 15.3. The summed E-state index contributed by atoms with van der Waals surface area (Å²) in [5.74, 6) is -2.57. The lowest BCUT2D eigenvalue weighted by molar-refractivity contribution is -0.128. The van der Waals surface area contributed by atoms with Gasteiger partial charge >= 0.3 is 6.09 Å². The van der Waals surface area contributed by atoms with Crippen LogP contribution in [0.15, 0.2) is 24.3 Å². The van der Waals surface area contributed by atoms with Crippen molar-refractivity contribution in [1.29, 1.82) is 0 Å². The van der Waals surface area contributed by atoms with Gasteiger partial charge in [0.2, 0.25) is 5.91 Å². The lowest BCUT2D eigenvalue weighted by Crippen LogP contribution is -2.65. The number of anilines is 1. The van der Waals surface area contributed by atoms with Crippen molar-refractivity contribution >= 4 is 17.7 Å². The number of amides is 2. The second kappa shape index (κ2) is 7.28. The van der Waals surface area contributed by atoms with Gasteiger partial charge in [-0.05, 0) is 37.3 Å². The van der Waals surface area contributed by atoms with E-state index in [1.165, 1.54) is 11.8 Å². The molecule has 1 fully saturated rings. The number of aryl methyl sites for hydroxylation is 1. The molecule has 3 aliphatic rings. The SMILES string of the molecule is CCC(F)(F)Cn1c(CN2C(=O)C3(CN(C(=O)O)C3)c3ccccc32)nc2c1CCCC2. The van der Waals surface area contributed by atoms with Gasteiger partial charge in [0.1, 0.15) is 11.2 Å². The second-order valence-electron chi connectivity index (χ2n) is 9.05. The molecule has 1 aromatic carbocycles. The molecule has 1 aromatic heterocycles. The van der Waals surface area contributed by atoms with Crippen LogP contribution in [-0.2, 0) is 36.1 Å². The first kappa shape index (κ1) is 20.9. The standard InChI is InChI=1S/C23H26F2N4O3/c1-2-23(24,25)14-29-18-10-6-4-8-16(18)26-19(29)11-28-17-9-5-3-7-15(17)22(20(28)30)12-27(13-22)21(31)32/h3,5,7,9H,2,4,6,8,10-14H2,1H3,(H,31,32). The maximum Gasteiger partial charge on any atom is 0.407 e. The summed E-state index contributed by atoms with van der Waals surface area (Å²) in [6.07, 6.45) is 2.07. The molecule has 1 saturated heterocycles. The van der Waals surface area contributed by atoms with Gasteiger partial charge in [0.25, 0.3) is 5.92 Å².